The average molecular weight is 362 g/mol. The lowest BCUT2D eigenvalue weighted by atomic mass is 9.82. The van der Waals surface area contributed by atoms with E-state index in [-0.39, 0.29) is 18.7 Å². The molecule has 1 aliphatic rings. The number of nitrogens with one attached hydrogen (secondary N) is 1. The van der Waals surface area contributed by atoms with Gasteiger partial charge >= 0.3 is 5.97 Å². The number of aryl methyl sites for hydroxylation is 2. The molecule has 0 radical (unpaired) electrons. The van der Waals surface area contributed by atoms with Crippen LogP contribution in [0.4, 0.5) is 0 Å². The first-order valence-electron chi connectivity index (χ1n) is 8.79. The third kappa shape index (κ3) is 4.60. The first kappa shape index (κ1) is 19.9. The molecule has 0 saturated carbocycles. The van der Waals surface area contributed by atoms with Crippen LogP contribution in [0.3, 0.4) is 0 Å². The van der Waals surface area contributed by atoms with Gasteiger partial charge < -0.3 is 10.0 Å². The van der Waals surface area contributed by atoms with E-state index in [1.807, 2.05) is 38.1 Å². The molecule has 7 heteroatoms. The van der Waals surface area contributed by atoms with Crippen molar-refractivity contribution in [2.45, 2.75) is 52.0 Å². The van der Waals surface area contributed by atoms with E-state index < -0.39 is 23.3 Å². The summed E-state index contributed by atoms with van der Waals surface area (Å²) in [7, 11) is 0. The first-order valence-corrected chi connectivity index (χ1v) is 8.79. The third-order valence-corrected chi connectivity index (χ3v) is 5.19. The summed E-state index contributed by atoms with van der Waals surface area (Å²) in [5.74, 6) is -1.96. The van der Waals surface area contributed by atoms with E-state index in [1.165, 1.54) is 10.5 Å². The van der Waals surface area contributed by atoms with Gasteiger partial charge in [0.15, 0.2) is 0 Å². The number of hydroxylamine groups is 1. The largest absolute Gasteiger partial charge is 0.481 e. The lowest BCUT2D eigenvalue weighted by molar-refractivity contribution is -0.147. The second kappa shape index (κ2) is 8.31. The Balaban J connectivity index is 2.06. The number of rotatable bonds is 8. The molecular weight excluding hydrogens is 336 g/mol. The van der Waals surface area contributed by atoms with Crippen molar-refractivity contribution in [2.75, 3.05) is 6.54 Å². The Morgan fingerprint density at radius 3 is 2.54 bits per heavy atom. The molecule has 0 bridgehead atoms. The summed E-state index contributed by atoms with van der Waals surface area (Å²) in [5, 5.41) is 17.8. The fourth-order valence-corrected chi connectivity index (χ4v) is 3.39. The predicted molar refractivity (Wildman–Crippen MR) is 94.5 cm³/mol. The Bertz CT molecular complexity index is 673. The Hall–Kier alpha value is -2.41. The van der Waals surface area contributed by atoms with E-state index in [0.29, 0.717) is 19.4 Å². The van der Waals surface area contributed by atoms with Crippen molar-refractivity contribution in [1.82, 2.24) is 10.4 Å². The Kier molecular flexibility index (Phi) is 6.37. The van der Waals surface area contributed by atoms with Crippen molar-refractivity contribution in [3.8, 4) is 0 Å². The van der Waals surface area contributed by atoms with Crippen LogP contribution in [0, 0.1) is 12.3 Å². The minimum Gasteiger partial charge on any atom is -0.481 e. The van der Waals surface area contributed by atoms with Crippen LogP contribution in [0.2, 0.25) is 0 Å². The lowest BCUT2D eigenvalue weighted by Gasteiger charge is -2.28. The molecule has 1 aromatic carbocycles. The normalized spacial score (nSPS) is 20.9. The molecule has 1 aliphatic heterocycles. The van der Waals surface area contributed by atoms with Crippen LogP contribution < -0.4 is 5.48 Å². The van der Waals surface area contributed by atoms with Crippen molar-refractivity contribution in [3.63, 3.8) is 0 Å². The summed E-state index contributed by atoms with van der Waals surface area (Å²) in [6.07, 6.45) is 1.73. The zero-order valence-electron chi connectivity index (χ0n) is 15.2. The molecule has 1 saturated heterocycles. The minimum absolute atomic E-state index is 0.0263. The number of carboxylic acids is 1. The van der Waals surface area contributed by atoms with Crippen LogP contribution in [0.25, 0.3) is 0 Å². The Morgan fingerprint density at radius 2 is 1.96 bits per heavy atom. The predicted octanol–water partition coefficient (Wildman–Crippen LogP) is 1.91. The maximum atomic E-state index is 12.9. The molecule has 1 heterocycles. The molecule has 2 atom stereocenters. The average Bonchev–Trinajstić information content (AvgIpc) is 2.90. The van der Waals surface area contributed by atoms with Gasteiger partial charge in [0.1, 0.15) is 6.04 Å². The SMILES string of the molecule is Cc1ccc(CCC2(C)CCN([C@H](CCC(=O)O)C(=O)NO)C2=O)cc1. The van der Waals surface area contributed by atoms with Crippen LogP contribution in [-0.4, -0.2) is 45.6 Å². The fourth-order valence-electron chi connectivity index (χ4n) is 3.39. The number of hydrogen-bond donors (Lipinski definition) is 3. The topological polar surface area (TPSA) is 107 Å². The molecule has 1 unspecified atom stereocenters. The molecule has 1 aromatic rings. The quantitative estimate of drug-likeness (QED) is 0.484. The smallest absolute Gasteiger partial charge is 0.303 e. The highest BCUT2D eigenvalue weighted by Crippen LogP contribution is 2.37. The number of aliphatic carboxylic acids is 1. The minimum atomic E-state index is -1.05. The molecule has 3 N–H and O–H groups in total. The van der Waals surface area contributed by atoms with Crippen molar-refractivity contribution >= 4 is 17.8 Å². The van der Waals surface area contributed by atoms with Crippen molar-refractivity contribution in [3.05, 3.63) is 35.4 Å². The summed E-state index contributed by atoms with van der Waals surface area (Å²) < 4.78 is 0. The van der Waals surface area contributed by atoms with Crippen LogP contribution >= 0.6 is 0 Å². The standard InChI is InChI=1S/C19H26N2O5/c1-13-3-5-14(6-4-13)9-10-19(2)11-12-21(18(19)25)15(17(24)20-26)7-8-16(22)23/h3-6,15,26H,7-12H2,1-2H3,(H,20,24)(H,22,23)/t15-,19?/m1/s1. The second-order valence-corrected chi connectivity index (χ2v) is 7.22. The van der Waals surface area contributed by atoms with E-state index in [1.54, 1.807) is 5.48 Å². The summed E-state index contributed by atoms with van der Waals surface area (Å²) >= 11 is 0. The zero-order chi connectivity index (χ0) is 19.3. The van der Waals surface area contributed by atoms with Crippen molar-refractivity contribution in [1.29, 1.82) is 0 Å². The summed E-state index contributed by atoms with van der Waals surface area (Å²) in [4.78, 5) is 37.1. The van der Waals surface area contributed by atoms with Crippen molar-refractivity contribution < 1.29 is 24.7 Å². The number of amides is 2. The van der Waals surface area contributed by atoms with Gasteiger partial charge in [-0.2, -0.15) is 0 Å². The highest BCUT2D eigenvalue weighted by molar-refractivity contribution is 5.91. The molecule has 142 valence electrons. The van der Waals surface area contributed by atoms with Gasteiger partial charge in [0, 0.05) is 18.4 Å². The van der Waals surface area contributed by atoms with Crippen LogP contribution in [-0.2, 0) is 20.8 Å². The third-order valence-electron chi connectivity index (χ3n) is 5.19. The lowest BCUT2D eigenvalue weighted by Crippen LogP contribution is -2.48. The summed E-state index contributed by atoms with van der Waals surface area (Å²) in [5.41, 5.74) is 3.29. The van der Waals surface area contributed by atoms with Crippen LogP contribution in [0.5, 0.6) is 0 Å². The molecule has 0 aliphatic carbocycles. The van der Waals surface area contributed by atoms with Gasteiger partial charge in [-0.15, -0.1) is 0 Å². The molecule has 2 rings (SSSR count). The molecule has 26 heavy (non-hydrogen) atoms. The first-order chi connectivity index (χ1) is 12.3. The van der Waals surface area contributed by atoms with E-state index >= 15 is 0 Å². The number of carboxylic acid groups (broad SMARTS) is 1. The highest BCUT2D eigenvalue weighted by atomic mass is 16.5. The summed E-state index contributed by atoms with van der Waals surface area (Å²) in [6, 6.07) is 7.20. The number of benzene rings is 1. The molecule has 0 spiro atoms. The maximum absolute atomic E-state index is 12.9. The zero-order valence-corrected chi connectivity index (χ0v) is 15.2. The monoisotopic (exact) mass is 362 g/mol. The molecule has 7 nitrogen and oxygen atoms in total. The van der Waals surface area contributed by atoms with E-state index in [2.05, 4.69) is 0 Å². The van der Waals surface area contributed by atoms with Gasteiger partial charge in [0.2, 0.25) is 5.91 Å². The fraction of sp³-hybridized carbons (Fsp3) is 0.526. The van der Waals surface area contributed by atoms with E-state index in [4.69, 9.17) is 10.3 Å². The van der Waals surface area contributed by atoms with Crippen LogP contribution in [0.15, 0.2) is 24.3 Å². The molecular formula is C19H26N2O5. The van der Waals surface area contributed by atoms with Gasteiger partial charge in [-0.05, 0) is 38.2 Å². The van der Waals surface area contributed by atoms with Gasteiger partial charge in [-0.3, -0.25) is 19.6 Å². The second-order valence-electron chi connectivity index (χ2n) is 7.22. The van der Waals surface area contributed by atoms with Gasteiger partial charge in [0.25, 0.3) is 5.91 Å². The number of hydrogen-bond acceptors (Lipinski definition) is 4. The Labute approximate surface area is 153 Å². The van der Waals surface area contributed by atoms with E-state index in [9.17, 15) is 14.4 Å². The molecule has 1 fully saturated rings. The number of carbonyl (C=O) groups excluding carboxylic acids is 2. The maximum Gasteiger partial charge on any atom is 0.303 e. The van der Waals surface area contributed by atoms with Crippen LogP contribution in [0.1, 0.15) is 43.7 Å². The molecule has 0 aromatic heterocycles. The number of nitrogens with zero attached hydrogens (tertiary/aromatic N) is 1. The van der Waals surface area contributed by atoms with Gasteiger partial charge in [0.05, 0.1) is 0 Å². The summed E-state index contributed by atoms with van der Waals surface area (Å²) in [6.45, 7) is 4.28. The highest BCUT2D eigenvalue weighted by Gasteiger charge is 2.46. The number of likely N-dealkylation sites (tertiary alicyclic amines) is 1. The van der Waals surface area contributed by atoms with Crippen molar-refractivity contribution in [2.24, 2.45) is 5.41 Å². The Morgan fingerprint density at radius 1 is 1.31 bits per heavy atom. The van der Waals surface area contributed by atoms with Gasteiger partial charge in [-0.1, -0.05) is 36.8 Å². The van der Waals surface area contributed by atoms with Gasteiger partial charge in [-0.25, -0.2) is 5.48 Å². The van der Waals surface area contributed by atoms with E-state index in [0.717, 1.165) is 12.0 Å². The molecule has 2 amide bonds. The number of carbonyl (C=O) groups is 3.